The van der Waals surface area contributed by atoms with Crippen LogP contribution >= 0.6 is 11.3 Å². The second-order valence-corrected chi connectivity index (χ2v) is 8.07. The lowest BCUT2D eigenvalue weighted by Gasteiger charge is -2.34. The first-order valence-corrected chi connectivity index (χ1v) is 10.3. The van der Waals surface area contributed by atoms with Gasteiger partial charge in [0.1, 0.15) is 0 Å². The number of nitrogens with zero attached hydrogens (tertiary/aromatic N) is 3. The minimum atomic E-state index is 0.413. The van der Waals surface area contributed by atoms with Gasteiger partial charge in [0.25, 0.3) is 0 Å². The molecule has 4 heteroatoms. The summed E-state index contributed by atoms with van der Waals surface area (Å²) in [4.78, 5) is 2.53. The molecule has 0 N–H and O–H groups in total. The summed E-state index contributed by atoms with van der Waals surface area (Å²) in [7, 11) is 0. The maximum atomic E-state index is 4.28. The standard InChI is InChI=1S/C23H21N3S/c1-2-26-14-19-12-18(22-4-3-10-24-25-22)7-8-20(19)21(15-26)17-6-5-16-9-11-27-23(16)13-17/h3-13,21H,2,14-15H2,1H3. The molecule has 27 heavy (non-hydrogen) atoms. The van der Waals surface area contributed by atoms with Crippen molar-refractivity contribution < 1.29 is 0 Å². The average Bonchev–Trinajstić information content (AvgIpc) is 3.21. The Morgan fingerprint density at radius 3 is 2.93 bits per heavy atom. The first kappa shape index (κ1) is 16.6. The monoisotopic (exact) mass is 371 g/mol. The Kier molecular flexibility index (Phi) is 4.23. The van der Waals surface area contributed by atoms with Gasteiger partial charge in [0.15, 0.2) is 0 Å². The largest absolute Gasteiger partial charge is 0.298 e. The van der Waals surface area contributed by atoms with Crippen molar-refractivity contribution in [2.75, 3.05) is 13.1 Å². The van der Waals surface area contributed by atoms with E-state index in [4.69, 9.17) is 0 Å². The predicted octanol–water partition coefficient (Wildman–Crippen LogP) is 5.33. The molecule has 0 fully saturated rings. The third-order valence-corrected chi connectivity index (χ3v) is 6.43. The Morgan fingerprint density at radius 1 is 1.11 bits per heavy atom. The molecule has 0 saturated carbocycles. The number of hydrogen-bond donors (Lipinski definition) is 0. The molecular formula is C23H21N3S. The van der Waals surface area contributed by atoms with Crippen LogP contribution in [0.2, 0.25) is 0 Å². The molecule has 0 saturated heterocycles. The summed E-state index contributed by atoms with van der Waals surface area (Å²) in [5.74, 6) is 0.413. The molecule has 1 aliphatic rings. The molecular weight excluding hydrogens is 350 g/mol. The van der Waals surface area contributed by atoms with Crippen molar-refractivity contribution in [3.05, 3.63) is 82.9 Å². The molecule has 5 rings (SSSR count). The van der Waals surface area contributed by atoms with Crippen molar-refractivity contribution in [3.63, 3.8) is 0 Å². The maximum absolute atomic E-state index is 4.28. The van der Waals surface area contributed by atoms with Crippen LogP contribution < -0.4 is 0 Å². The molecule has 4 aromatic rings. The molecule has 0 aliphatic carbocycles. The van der Waals surface area contributed by atoms with Gasteiger partial charge in [0.05, 0.1) is 5.69 Å². The lowest BCUT2D eigenvalue weighted by Crippen LogP contribution is -2.33. The number of thiophene rings is 1. The van der Waals surface area contributed by atoms with Gasteiger partial charge in [-0.25, -0.2) is 0 Å². The third kappa shape index (κ3) is 3.05. The van der Waals surface area contributed by atoms with E-state index < -0.39 is 0 Å². The van der Waals surface area contributed by atoms with Crippen LogP contribution in [0.4, 0.5) is 0 Å². The van der Waals surface area contributed by atoms with Crippen molar-refractivity contribution >= 4 is 21.4 Å². The van der Waals surface area contributed by atoms with E-state index in [1.807, 2.05) is 23.5 Å². The van der Waals surface area contributed by atoms with Crippen LogP contribution in [0.5, 0.6) is 0 Å². The summed E-state index contributed by atoms with van der Waals surface area (Å²) in [5, 5.41) is 11.8. The van der Waals surface area contributed by atoms with E-state index in [1.165, 1.54) is 26.8 Å². The average molecular weight is 372 g/mol. The van der Waals surface area contributed by atoms with E-state index in [1.54, 1.807) is 6.20 Å². The van der Waals surface area contributed by atoms with Crippen molar-refractivity contribution in [3.8, 4) is 11.3 Å². The van der Waals surface area contributed by atoms with Crippen LogP contribution in [0.25, 0.3) is 21.3 Å². The van der Waals surface area contributed by atoms with Crippen molar-refractivity contribution in [1.29, 1.82) is 0 Å². The van der Waals surface area contributed by atoms with Gasteiger partial charge in [0, 0.05) is 35.5 Å². The van der Waals surface area contributed by atoms with Crippen LogP contribution in [0.1, 0.15) is 29.5 Å². The van der Waals surface area contributed by atoms with E-state index in [9.17, 15) is 0 Å². The van der Waals surface area contributed by atoms with Gasteiger partial charge in [-0.05, 0) is 64.3 Å². The van der Waals surface area contributed by atoms with Crippen molar-refractivity contribution in [2.24, 2.45) is 0 Å². The molecule has 0 radical (unpaired) electrons. The van der Waals surface area contributed by atoms with Gasteiger partial charge in [-0.3, -0.25) is 4.90 Å². The minimum absolute atomic E-state index is 0.413. The summed E-state index contributed by atoms with van der Waals surface area (Å²) in [6, 6.07) is 19.9. The molecule has 0 bridgehead atoms. The zero-order valence-corrected chi connectivity index (χ0v) is 16.1. The minimum Gasteiger partial charge on any atom is -0.298 e. The van der Waals surface area contributed by atoms with Gasteiger partial charge < -0.3 is 0 Å². The predicted molar refractivity (Wildman–Crippen MR) is 112 cm³/mol. The van der Waals surface area contributed by atoms with Gasteiger partial charge in [-0.15, -0.1) is 11.3 Å². The third-order valence-electron chi connectivity index (χ3n) is 5.55. The first-order valence-electron chi connectivity index (χ1n) is 9.42. The fourth-order valence-corrected chi connectivity index (χ4v) is 4.91. The lowest BCUT2D eigenvalue weighted by molar-refractivity contribution is 0.253. The molecule has 3 nitrogen and oxygen atoms in total. The van der Waals surface area contributed by atoms with E-state index in [2.05, 4.69) is 69.9 Å². The van der Waals surface area contributed by atoms with E-state index in [0.717, 1.165) is 30.9 Å². The first-order chi connectivity index (χ1) is 13.3. The molecule has 2 aromatic heterocycles. The number of fused-ring (bicyclic) bond motifs is 2. The molecule has 3 heterocycles. The lowest BCUT2D eigenvalue weighted by atomic mass is 9.83. The second kappa shape index (κ2) is 6.87. The summed E-state index contributed by atoms with van der Waals surface area (Å²) in [5.41, 5.74) is 6.35. The highest BCUT2D eigenvalue weighted by Crippen LogP contribution is 2.37. The normalized spacial score (nSPS) is 17.1. The topological polar surface area (TPSA) is 29.0 Å². The summed E-state index contributed by atoms with van der Waals surface area (Å²) >= 11 is 1.82. The van der Waals surface area contributed by atoms with Crippen LogP contribution in [0.15, 0.2) is 66.2 Å². The van der Waals surface area contributed by atoms with Crippen molar-refractivity contribution in [1.82, 2.24) is 15.1 Å². The van der Waals surface area contributed by atoms with Crippen LogP contribution in [0, 0.1) is 0 Å². The fraction of sp³-hybridized carbons (Fsp3) is 0.217. The molecule has 2 aromatic carbocycles. The molecule has 0 spiro atoms. The number of likely N-dealkylation sites (N-methyl/N-ethyl adjacent to an activating group) is 1. The molecule has 1 aliphatic heterocycles. The number of aromatic nitrogens is 2. The molecule has 134 valence electrons. The zero-order valence-electron chi connectivity index (χ0n) is 15.3. The van der Waals surface area contributed by atoms with Gasteiger partial charge >= 0.3 is 0 Å². The van der Waals surface area contributed by atoms with Gasteiger partial charge in [0.2, 0.25) is 0 Å². The molecule has 1 atom stereocenters. The number of hydrogen-bond acceptors (Lipinski definition) is 4. The Bertz CT molecular complexity index is 1090. The Labute approximate surface area is 163 Å². The van der Waals surface area contributed by atoms with Crippen molar-refractivity contribution in [2.45, 2.75) is 19.4 Å². The molecule has 0 amide bonds. The SMILES string of the molecule is CCN1Cc2cc(-c3cccnn3)ccc2C(c2ccc3ccsc3c2)C1. The zero-order chi connectivity index (χ0) is 18.2. The smallest absolute Gasteiger partial charge is 0.0929 e. The fourth-order valence-electron chi connectivity index (χ4n) is 4.07. The summed E-state index contributed by atoms with van der Waals surface area (Å²) in [6.07, 6.45) is 1.72. The Hall–Kier alpha value is -2.56. The van der Waals surface area contributed by atoms with Gasteiger partial charge in [-0.1, -0.05) is 31.2 Å². The summed E-state index contributed by atoms with van der Waals surface area (Å²) in [6.45, 7) is 5.38. The highest BCUT2D eigenvalue weighted by Gasteiger charge is 2.26. The Morgan fingerprint density at radius 2 is 2.07 bits per heavy atom. The van der Waals surface area contributed by atoms with E-state index in [0.29, 0.717) is 5.92 Å². The van der Waals surface area contributed by atoms with E-state index >= 15 is 0 Å². The highest BCUT2D eigenvalue weighted by molar-refractivity contribution is 7.17. The van der Waals surface area contributed by atoms with Crippen LogP contribution in [-0.4, -0.2) is 28.2 Å². The quantitative estimate of drug-likeness (QED) is 0.488. The Balaban J connectivity index is 1.59. The summed E-state index contributed by atoms with van der Waals surface area (Å²) < 4.78 is 1.37. The van der Waals surface area contributed by atoms with Crippen LogP contribution in [-0.2, 0) is 6.54 Å². The van der Waals surface area contributed by atoms with Crippen LogP contribution in [0.3, 0.4) is 0 Å². The molecule has 1 unspecified atom stereocenters. The number of rotatable bonds is 3. The number of benzene rings is 2. The van der Waals surface area contributed by atoms with Gasteiger partial charge in [-0.2, -0.15) is 10.2 Å². The maximum Gasteiger partial charge on any atom is 0.0929 e. The highest BCUT2D eigenvalue weighted by atomic mass is 32.1. The second-order valence-electron chi connectivity index (χ2n) is 7.12. The van der Waals surface area contributed by atoms with E-state index in [-0.39, 0.29) is 0 Å².